The number of benzene rings is 1. The Morgan fingerprint density at radius 3 is 2.79 bits per heavy atom. The van der Waals surface area contributed by atoms with Crippen LogP contribution in [0.4, 0.5) is 5.13 Å². The molecule has 0 bridgehead atoms. The fraction of sp³-hybridized carbons (Fsp3) is 0.316. The lowest BCUT2D eigenvalue weighted by Gasteiger charge is -2.04. The molecule has 28 heavy (non-hydrogen) atoms. The lowest BCUT2D eigenvalue weighted by atomic mass is 10.1. The van der Waals surface area contributed by atoms with Crippen LogP contribution in [0.2, 0.25) is 0 Å². The maximum Gasteiger partial charge on any atom is 0.206 e. The highest BCUT2D eigenvalue weighted by Gasteiger charge is 2.24. The molecule has 0 spiro atoms. The highest BCUT2D eigenvalue weighted by atomic mass is 32.2. The van der Waals surface area contributed by atoms with Gasteiger partial charge < -0.3 is 5.32 Å². The van der Waals surface area contributed by atoms with E-state index >= 15 is 0 Å². The van der Waals surface area contributed by atoms with Crippen LogP contribution in [0.5, 0.6) is 0 Å². The van der Waals surface area contributed by atoms with E-state index in [0.29, 0.717) is 15.3 Å². The highest BCUT2D eigenvalue weighted by molar-refractivity contribution is 8.01. The van der Waals surface area contributed by atoms with Gasteiger partial charge in [0.2, 0.25) is 5.13 Å². The molecule has 0 radical (unpaired) electrons. The Balaban J connectivity index is 1.60. The fourth-order valence-corrected chi connectivity index (χ4v) is 4.83. The smallest absolute Gasteiger partial charge is 0.206 e. The van der Waals surface area contributed by atoms with E-state index in [2.05, 4.69) is 40.4 Å². The second-order valence-corrected chi connectivity index (χ2v) is 9.49. The maximum atomic E-state index is 12.6. The van der Waals surface area contributed by atoms with Crippen molar-refractivity contribution >= 4 is 45.4 Å². The standard InChI is InChI=1S/C19H19N5OS3/c1-12(2)9-21-18-23-24-19(28-18)27-11-16(25)14(8-20)17-22-15(10-26-17)13-6-4-3-5-7-13/h3-7,10,12,14H,9,11H2,1-2H3,(H,21,23). The summed E-state index contributed by atoms with van der Waals surface area (Å²) in [6.07, 6.45) is 0. The molecule has 3 rings (SSSR count). The van der Waals surface area contributed by atoms with E-state index in [1.165, 1.54) is 34.4 Å². The molecule has 2 aromatic heterocycles. The quantitative estimate of drug-likeness (QED) is 0.493. The molecule has 0 saturated carbocycles. The van der Waals surface area contributed by atoms with Crippen molar-refractivity contribution in [3.63, 3.8) is 0 Å². The lowest BCUT2D eigenvalue weighted by Crippen LogP contribution is -2.13. The van der Waals surface area contributed by atoms with Gasteiger partial charge in [0.15, 0.2) is 16.0 Å². The average molecular weight is 430 g/mol. The molecule has 6 nitrogen and oxygen atoms in total. The number of aromatic nitrogens is 3. The molecule has 9 heteroatoms. The van der Waals surface area contributed by atoms with Crippen LogP contribution in [0.15, 0.2) is 40.1 Å². The molecule has 1 aromatic carbocycles. The molecule has 0 fully saturated rings. The SMILES string of the molecule is CC(C)CNc1nnc(SCC(=O)C(C#N)c2nc(-c3ccccc3)cs2)s1. The summed E-state index contributed by atoms with van der Waals surface area (Å²) in [4.78, 5) is 17.1. The Labute approximate surface area is 176 Å². The van der Waals surface area contributed by atoms with Crippen molar-refractivity contribution in [2.75, 3.05) is 17.6 Å². The van der Waals surface area contributed by atoms with Crippen LogP contribution < -0.4 is 5.32 Å². The van der Waals surface area contributed by atoms with Gasteiger partial charge in [-0.15, -0.1) is 21.5 Å². The summed E-state index contributed by atoms with van der Waals surface area (Å²) < 4.78 is 0.709. The summed E-state index contributed by atoms with van der Waals surface area (Å²) in [5, 5.41) is 24.0. The second-order valence-electron chi connectivity index (χ2n) is 6.40. The van der Waals surface area contributed by atoms with Crippen molar-refractivity contribution in [2.24, 2.45) is 5.92 Å². The van der Waals surface area contributed by atoms with Crippen molar-refractivity contribution < 1.29 is 4.79 Å². The van der Waals surface area contributed by atoms with Gasteiger partial charge in [-0.05, 0) is 5.92 Å². The summed E-state index contributed by atoms with van der Waals surface area (Å²) in [5.74, 6) is -0.357. The van der Waals surface area contributed by atoms with Gasteiger partial charge in [-0.1, -0.05) is 67.3 Å². The molecule has 0 saturated heterocycles. The van der Waals surface area contributed by atoms with Gasteiger partial charge in [0.25, 0.3) is 0 Å². The predicted octanol–water partition coefficient (Wildman–Crippen LogP) is 4.70. The molecule has 1 atom stereocenters. The van der Waals surface area contributed by atoms with Crippen molar-refractivity contribution in [2.45, 2.75) is 24.1 Å². The first kappa shape index (κ1) is 20.5. The first-order valence-corrected chi connectivity index (χ1v) is 11.4. The van der Waals surface area contributed by atoms with Crippen LogP contribution in [0.1, 0.15) is 24.8 Å². The number of anilines is 1. The molecule has 0 aliphatic heterocycles. The zero-order valence-electron chi connectivity index (χ0n) is 15.5. The number of nitrogens with one attached hydrogen (secondary N) is 1. The first-order chi connectivity index (χ1) is 13.6. The minimum absolute atomic E-state index is 0.164. The van der Waals surface area contributed by atoms with Gasteiger partial charge in [-0.2, -0.15) is 5.26 Å². The molecule has 2 heterocycles. The fourth-order valence-electron chi connectivity index (χ4n) is 2.27. The number of hydrogen-bond donors (Lipinski definition) is 1. The molecule has 0 aliphatic rings. The number of ketones is 1. The molecular weight excluding hydrogens is 410 g/mol. The van der Waals surface area contributed by atoms with Crippen molar-refractivity contribution in [1.29, 1.82) is 5.26 Å². The molecule has 0 aliphatic carbocycles. The summed E-state index contributed by atoms with van der Waals surface area (Å²) in [7, 11) is 0. The van der Waals surface area contributed by atoms with E-state index in [9.17, 15) is 10.1 Å². The predicted molar refractivity (Wildman–Crippen MR) is 115 cm³/mol. The van der Waals surface area contributed by atoms with Gasteiger partial charge in [-0.3, -0.25) is 4.79 Å². The first-order valence-electron chi connectivity index (χ1n) is 8.70. The third-order valence-electron chi connectivity index (χ3n) is 3.70. The van der Waals surface area contributed by atoms with Crippen LogP contribution in [0.3, 0.4) is 0 Å². The van der Waals surface area contributed by atoms with Crippen LogP contribution >= 0.6 is 34.4 Å². The van der Waals surface area contributed by atoms with Gasteiger partial charge in [0, 0.05) is 17.5 Å². The zero-order chi connectivity index (χ0) is 19.9. The molecule has 144 valence electrons. The number of Topliss-reactive ketones (excluding diaryl/α,β-unsaturated/α-hetero) is 1. The number of nitriles is 1. The average Bonchev–Trinajstić information content (AvgIpc) is 3.36. The summed E-state index contributed by atoms with van der Waals surface area (Å²) in [5.41, 5.74) is 1.75. The van der Waals surface area contributed by atoms with Gasteiger partial charge in [0.05, 0.1) is 17.5 Å². The summed E-state index contributed by atoms with van der Waals surface area (Å²) >= 11 is 4.06. The van der Waals surface area contributed by atoms with Crippen LogP contribution in [-0.2, 0) is 4.79 Å². The van der Waals surface area contributed by atoms with Crippen molar-refractivity contribution in [3.8, 4) is 17.3 Å². The Hall–Kier alpha value is -2.28. The molecular formula is C19H19N5OS3. The van der Waals surface area contributed by atoms with Gasteiger partial charge in [0.1, 0.15) is 5.01 Å². The molecule has 1 N–H and O–H groups in total. The Morgan fingerprint density at radius 2 is 2.07 bits per heavy atom. The van der Waals surface area contributed by atoms with Crippen molar-refractivity contribution in [1.82, 2.24) is 15.2 Å². The van der Waals surface area contributed by atoms with E-state index in [0.717, 1.165) is 22.9 Å². The summed E-state index contributed by atoms with van der Waals surface area (Å²) in [6.45, 7) is 5.06. The van der Waals surface area contributed by atoms with Gasteiger partial charge >= 0.3 is 0 Å². The Morgan fingerprint density at radius 1 is 1.29 bits per heavy atom. The van der Waals surface area contributed by atoms with Crippen LogP contribution in [-0.4, -0.2) is 33.3 Å². The molecule has 3 aromatic rings. The summed E-state index contributed by atoms with van der Waals surface area (Å²) in [6, 6.07) is 11.8. The second kappa shape index (κ2) is 9.78. The topological polar surface area (TPSA) is 91.6 Å². The van der Waals surface area contributed by atoms with E-state index in [1.54, 1.807) is 0 Å². The van der Waals surface area contributed by atoms with E-state index in [4.69, 9.17) is 0 Å². The normalized spacial score (nSPS) is 11.9. The molecule has 1 unspecified atom stereocenters. The van der Waals surface area contributed by atoms with Gasteiger partial charge in [-0.25, -0.2) is 4.98 Å². The number of thiazole rings is 1. The number of nitrogens with zero attached hydrogens (tertiary/aromatic N) is 4. The monoisotopic (exact) mass is 429 g/mol. The highest BCUT2D eigenvalue weighted by Crippen LogP contribution is 2.30. The molecule has 0 amide bonds. The minimum Gasteiger partial charge on any atom is -0.360 e. The van der Waals surface area contributed by atoms with E-state index < -0.39 is 5.92 Å². The minimum atomic E-state index is -0.860. The zero-order valence-corrected chi connectivity index (χ0v) is 17.9. The maximum absolute atomic E-state index is 12.6. The number of hydrogen-bond acceptors (Lipinski definition) is 9. The number of rotatable bonds is 9. The lowest BCUT2D eigenvalue weighted by molar-refractivity contribution is -0.116. The van der Waals surface area contributed by atoms with E-state index in [1.807, 2.05) is 35.7 Å². The van der Waals surface area contributed by atoms with E-state index in [-0.39, 0.29) is 11.5 Å². The third-order valence-corrected chi connectivity index (χ3v) is 6.64. The Bertz CT molecular complexity index is 961. The number of carbonyl (C=O) groups is 1. The van der Waals surface area contributed by atoms with Crippen LogP contribution in [0, 0.1) is 17.2 Å². The Kier molecular flexibility index (Phi) is 7.14. The number of thioether (sulfide) groups is 1. The van der Waals surface area contributed by atoms with Crippen molar-refractivity contribution in [3.05, 3.63) is 40.7 Å². The third kappa shape index (κ3) is 5.38. The largest absolute Gasteiger partial charge is 0.360 e. The van der Waals surface area contributed by atoms with Crippen LogP contribution in [0.25, 0.3) is 11.3 Å². The number of carbonyl (C=O) groups excluding carboxylic acids is 1.